The summed E-state index contributed by atoms with van der Waals surface area (Å²) in [6.07, 6.45) is 2.73. The minimum Gasteiger partial charge on any atom is -0.377 e. The molecule has 2 rings (SSSR count). The zero-order valence-electron chi connectivity index (χ0n) is 7.79. The second-order valence-corrected chi connectivity index (χ2v) is 4.12. The lowest BCUT2D eigenvalue weighted by Gasteiger charge is -2.38. The molecule has 0 aliphatic carbocycles. The highest BCUT2D eigenvalue weighted by Crippen LogP contribution is 2.20. The molecule has 0 unspecified atom stereocenters. The van der Waals surface area contributed by atoms with Crippen LogP contribution in [0.4, 0.5) is 0 Å². The molecule has 0 saturated carbocycles. The lowest BCUT2D eigenvalue weighted by atomic mass is 9.94. The molecule has 0 aromatic heterocycles. The Morgan fingerprint density at radius 3 is 2.46 bits per heavy atom. The molecule has 2 N–H and O–H groups in total. The number of nitrogens with two attached hydrogens (primary N) is 1. The van der Waals surface area contributed by atoms with Crippen molar-refractivity contribution in [3.05, 3.63) is 0 Å². The number of nitrogens with zero attached hydrogens (tertiary/aromatic N) is 1. The Kier molecular flexibility index (Phi) is 2.26. The molecule has 0 radical (unpaired) electrons. The first kappa shape index (κ1) is 8.97. The van der Waals surface area contributed by atoms with E-state index >= 15 is 0 Å². The number of ether oxygens (including phenoxy) is 1. The summed E-state index contributed by atoms with van der Waals surface area (Å²) >= 11 is 0. The zero-order valence-corrected chi connectivity index (χ0v) is 7.79. The maximum atomic E-state index is 11.6. The Labute approximate surface area is 78.0 Å². The van der Waals surface area contributed by atoms with Crippen molar-refractivity contribution in [3.8, 4) is 0 Å². The van der Waals surface area contributed by atoms with Gasteiger partial charge in [-0.15, -0.1) is 0 Å². The monoisotopic (exact) mass is 184 g/mol. The summed E-state index contributed by atoms with van der Waals surface area (Å²) in [4.78, 5) is 13.6. The van der Waals surface area contributed by atoms with Crippen LogP contribution in [0.3, 0.4) is 0 Å². The number of carbonyl (C=O) groups excluding carboxylic acids is 1. The summed E-state index contributed by atoms with van der Waals surface area (Å²) < 4.78 is 5.01. The second-order valence-electron chi connectivity index (χ2n) is 4.12. The van der Waals surface area contributed by atoms with Crippen LogP contribution in [-0.2, 0) is 9.53 Å². The van der Waals surface area contributed by atoms with Crippen molar-refractivity contribution < 1.29 is 9.53 Å². The summed E-state index contributed by atoms with van der Waals surface area (Å²) in [6.45, 7) is 2.89. The minimum absolute atomic E-state index is 0.198. The van der Waals surface area contributed by atoms with Crippen molar-refractivity contribution in [2.24, 2.45) is 5.73 Å². The van der Waals surface area contributed by atoms with E-state index in [-0.39, 0.29) is 11.4 Å². The molecule has 1 amide bonds. The molecule has 0 aromatic carbocycles. The molecule has 0 bridgehead atoms. The van der Waals surface area contributed by atoms with Crippen molar-refractivity contribution in [3.63, 3.8) is 0 Å². The maximum absolute atomic E-state index is 11.6. The van der Waals surface area contributed by atoms with Crippen LogP contribution in [0, 0.1) is 0 Å². The molecule has 0 spiro atoms. The molecular formula is C9H16N2O2. The summed E-state index contributed by atoms with van der Waals surface area (Å²) in [6, 6.07) is 0. The Morgan fingerprint density at radius 2 is 2.00 bits per heavy atom. The highest BCUT2D eigenvalue weighted by Gasteiger charge is 2.37. The van der Waals surface area contributed by atoms with Gasteiger partial charge in [0.25, 0.3) is 0 Å². The van der Waals surface area contributed by atoms with Gasteiger partial charge in [0.15, 0.2) is 0 Å². The van der Waals surface area contributed by atoms with Crippen LogP contribution in [0.1, 0.15) is 19.3 Å². The SMILES string of the molecule is NC1(CC(=O)N2CCCC2)COC1. The van der Waals surface area contributed by atoms with Gasteiger partial charge in [-0.05, 0) is 12.8 Å². The standard InChI is InChI=1S/C9H16N2O2/c10-9(6-13-7-9)5-8(12)11-3-1-2-4-11/h1-7,10H2. The molecule has 0 aromatic rings. The van der Waals surface area contributed by atoms with E-state index in [1.54, 1.807) is 0 Å². The summed E-state index contributed by atoms with van der Waals surface area (Å²) in [5, 5.41) is 0. The predicted octanol–water partition coefficient (Wildman–Crippen LogP) is -0.273. The molecule has 2 saturated heterocycles. The predicted molar refractivity (Wildman–Crippen MR) is 48.2 cm³/mol. The Morgan fingerprint density at radius 1 is 1.38 bits per heavy atom. The Balaban J connectivity index is 1.83. The second kappa shape index (κ2) is 3.27. The van der Waals surface area contributed by atoms with Crippen molar-refractivity contribution in [1.82, 2.24) is 4.90 Å². The van der Waals surface area contributed by atoms with Crippen molar-refractivity contribution in [1.29, 1.82) is 0 Å². The first-order chi connectivity index (χ1) is 6.20. The van der Waals surface area contributed by atoms with E-state index in [9.17, 15) is 4.79 Å². The lowest BCUT2D eigenvalue weighted by molar-refractivity contribution is -0.137. The average molecular weight is 184 g/mol. The number of amides is 1. The van der Waals surface area contributed by atoms with Gasteiger partial charge in [-0.1, -0.05) is 0 Å². The molecule has 0 atom stereocenters. The summed E-state index contributed by atoms with van der Waals surface area (Å²) in [5.41, 5.74) is 5.54. The highest BCUT2D eigenvalue weighted by atomic mass is 16.5. The van der Waals surface area contributed by atoms with E-state index in [0.29, 0.717) is 19.6 Å². The first-order valence-electron chi connectivity index (χ1n) is 4.84. The number of hydrogen-bond donors (Lipinski definition) is 1. The van der Waals surface area contributed by atoms with Crippen molar-refractivity contribution >= 4 is 5.91 Å². The largest absolute Gasteiger partial charge is 0.377 e. The number of likely N-dealkylation sites (tertiary alicyclic amines) is 1. The maximum Gasteiger partial charge on any atom is 0.224 e. The highest BCUT2D eigenvalue weighted by molar-refractivity contribution is 5.77. The van der Waals surface area contributed by atoms with Crippen LogP contribution in [0.25, 0.3) is 0 Å². The van der Waals surface area contributed by atoms with Gasteiger partial charge in [0, 0.05) is 19.5 Å². The normalized spacial score (nSPS) is 25.8. The van der Waals surface area contributed by atoms with Crippen LogP contribution in [0.15, 0.2) is 0 Å². The van der Waals surface area contributed by atoms with Gasteiger partial charge < -0.3 is 15.4 Å². The van der Waals surface area contributed by atoms with E-state index in [1.165, 1.54) is 0 Å². The van der Waals surface area contributed by atoms with Gasteiger partial charge in [-0.2, -0.15) is 0 Å². The molecule has 2 heterocycles. The third kappa shape index (κ3) is 1.84. The van der Waals surface area contributed by atoms with Crippen LogP contribution in [0.5, 0.6) is 0 Å². The number of rotatable bonds is 2. The molecule has 13 heavy (non-hydrogen) atoms. The fourth-order valence-corrected chi connectivity index (χ4v) is 1.85. The van der Waals surface area contributed by atoms with Gasteiger partial charge in [-0.3, -0.25) is 4.79 Å². The molecule has 2 aliphatic rings. The van der Waals surface area contributed by atoms with Crippen molar-refractivity contribution in [2.75, 3.05) is 26.3 Å². The molecule has 4 heteroatoms. The first-order valence-corrected chi connectivity index (χ1v) is 4.84. The van der Waals surface area contributed by atoms with Gasteiger partial charge in [0.1, 0.15) is 0 Å². The molecular weight excluding hydrogens is 168 g/mol. The average Bonchev–Trinajstić information content (AvgIpc) is 2.53. The van der Waals surface area contributed by atoms with Crippen molar-refractivity contribution in [2.45, 2.75) is 24.8 Å². The van der Waals surface area contributed by atoms with E-state index in [2.05, 4.69) is 0 Å². The minimum atomic E-state index is -0.361. The molecule has 2 fully saturated rings. The van der Waals surface area contributed by atoms with Crippen LogP contribution >= 0.6 is 0 Å². The third-order valence-corrected chi connectivity index (χ3v) is 2.74. The topological polar surface area (TPSA) is 55.6 Å². The van der Waals surface area contributed by atoms with Crippen LogP contribution in [0.2, 0.25) is 0 Å². The van der Waals surface area contributed by atoms with Gasteiger partial charge >= 0.3 is 0 Å². The lowest BCUT2D eigenvalue weighted by Crippen LogP contribution is -2.59. The fraction of sp³-hybridized carbons (Fsp3) is 0.889. The number of hydrogen-bond acceptors (Lipinski definition) is 3. The van der Waals surface area contributed by atoms with E-state index < -0.39 is 0 Å². The Bertz CT molecular complexity index is 208. The fourth-order valence-electron chi connectivity index (χ4n) is 1.85. The van der Waals surface area contributed by atoms with E-state index in [0.717, 1.165) is 25.9 Å². The van der Waals surface area contributed by atoms with Gasteiger partial charge in [-0.25, -0.2) is 0 Å². The quantitative estimate of drug-likeness (QED) is 0.642. The third-order valence-electron chi connectivity index (χ3n) is 2.74. The van der Waals surface area contributed by atoms with E-state index in [1.807, 2.05) is 4.90 Å². The van der Waals surface area contributed by atoms with Crippen LogP contribution < -0.4 is 5.73 Å². The summed E-state index contributed by atoms with van der Waals surface area (Å²) in [5.74, 6) is 0.198. The molecule has 2 aliphatic heterocycles. The zero-order chi connectivity index (χ0) is 9.31. The van der Waals surface area contributed by atoms with E-state index in [4.69, 9.17) is 10.5 Å². The number of carbonyl (C=O) groups is 1. The Hall–Kier alpha value is -0.610. The molecule has 74 valence electrons. The summed E-state index contributed by atoms with van der Waals surface area (Å²) in [7, 11) is 0. The van der Waals surface area contributed by atoms with Gasteiger partial charge in [0.05, 0.1) is 18.8 Å². The van der Waals surface area contributed by atoms with Gasteiger partial charge in [0.2, 0.25) is 5.91 Å². The molecule has 4 nitrogen and oxygen atoms in total. The van der Waals surface area contributed by atoms with Crippen LogP contribution in [-0.4, -0.2) is 42.6 Å². The smallest absolute Gasteiger partial charge is 0.224 e.